The van der Waals surface area contributed by atoms with Crippen molar-refractivity contribution in [2.24, 2.45) is 5.73 Å². The summed E-state index contributed by atoms with van der Waals surface area (Å²) in [6.45, 7) is 5.66. The van der Waals surface area contributed by atoms with Crippen molar-refractivity contribution in [3.8, 4) is 0 Å². The van der Waals surface area contributed by atoms with E-state index in [1.54, 1.807) is 12.1 Å². The van der Waals surface area contributed by atoms with Crippen LogP contribution in [0.15, 0.2) is 18.2 Å². The Morgan fingerprint density at radius 1 is 1.40 bits per heavy atom. The minimum Gasteiger partial charge on any atom is -0.397 e. The molecule has 5 nitrogen and oxygen atoms in total. The summed E-state index contributed by atoms with van der Waals surface area (Å²) >= 11 is 0. The van der Waals surface area contributed by atoms with E-state index in [0.717, 1.165) is 31.6 Å². The summed E-state index contributed by atoms with van der Waals surface area (Å²) in [5.41, 5.74) is 13.1. The number of carbonyl (C=O) groups excluding carboxylic acids is 1. The van der Waals surface area contributed by atoms with Crippen LogP contribution in [0.5, 0.6) is 0 Å². The van der Waals surface area contributed by atoms with Gasteiger partial charge in [0.2, 0.25) is 5.91 Å². The average Bonchev–Trinajstić information content (AvgIpc) is 2.43. The largest absolute Gasteiger partial charge is 0.397 e. The molecular formula is C15H24N4O. The van der Waals surface area contributed by atoms with E-state index < -0.39 is 5.91 Å². The molecule has 20 heavy (non-hydrogen) atoms. The highest BCUT2D eigenvalue weighted by molar-refractivity contribution is 5.94. The molecule has 0 atom stereocenters. The topological polar surface area (TPSA) is 84.4 Å². The summed E-state index contributed by atoms with van der Waals surface area (Å²) in [6.07, 6.45) is 3.45. The maximum Gasteiger partial charge on any atom is 0.248 e. The van der Waals surface area contributed by atoms with Gasteiger partial charge < -0.3 is 21.7 Å². The number of hydrogen-bond acceptors (Lipinski definition) is 4. The molecule has 0 radical (unpaired) electrons. The zero-order chi connectivity index (χ0) is 14.5. The third-order valence-corrected chi connectivity index (χ3v) is 3.82. The monoisotopic (exact) mass is 276 g/mol. The van der Waals surface area contributed by atoms with Crippen molar-refractivity contribution in [2.45, 2.75) is 32.2 Å². The van der Waals surface area contributed by atoms with Crippen LogP contribution in [0.4, 0.5) is 11.4 Å². The van der Waals surface area contributed by atoms with Crippen molar-refractivity contribution < 1.29 is 4.79 Å². The minimum atomic E-state index is -0.448. The van der Waals surface area contributed by atoms with Crippen LogP contribution < -0.4 is 16.8 Å². The quantitative estimate of drug-likeness (QED) is 0.714. The van der Waals surface area contributed by atoms with Crippen LogP contribution >= 0.6 is 0 Å². The fraction of sp³-hybridized carbons (Fsp3) is 0.533. The second-order valence-corrected chi connectivity index (χ2v) is 5.43. The second kappa shape index (κ2) is 6.61. The summed E-state index contributed by atoms with van der Waals surface area (Å²) in [6, 6.07) is 5.64. The molecule has 0 aromatic heterocycles. The van der Waals surface area contributed by atoms with E-state index in [9.17, 15) is 4.79 Å². The number of nitrogens with two attached hydrogens (primary N) is 2. The molecule has 110 valence electrons. The molecule has 1 fully saturated rings. The van der Waals surface area contributed by atoms with Crippen molar-refractivity contribution in [2.75, 3.05) is 30.7 Å². The summed E-state index contributed by atoms with van der Waals surface area (Å²) < 4.78 is 0. The van der Waals surface area contributed by atoms with Crippen LogP contribution in [0.3, 0.4) is 0 Å². The third kappa shape index (κ3) is 3.63. The van der Waals surface area contributed by atoms with Crippen LogP contribution in [0.25, 0.3) is 0 Å². The molecule has 2 rings (SSSR count). The number of benzene rings is 1. The number of likely N-dealkylation sites (tertiary alicyclic amines) is 1. The van der Waals surface area contributed by atoms with Gasteiger partial charge in [-0.15, -0.1) is 0 Å². The SMILES string of the molecule is CCCN1CCC(Nc2ccc(C(N)=O)cc2N)CC1. The summed E-state index contributed by atoms with van der Waals surface area (Å²) in [5.74, 6) is -0.448. The zero-order valence-corrected chi connectivity index (χ0v) is 12.1. The Morgan fingerprint density at radius 2 is 2.10 bits per heavy atom. The molecular weight excluding hydrogens is 252 g/mol. The highest BCUT2D eigenvalue weighted by Crippen LogP contribution is 2.23. The number of rotatable bonds is 5. The Labute approximate surface area is 120 Å². The molecule has 0 aliphatic carbocycles. The number of nitrogen functional groups attached to an aromatic ring is 1. The molecule has 1 amide bonds. The zero-order valence-electron chi connectivity index (χ0n) is 12.1. The first kappa shape index (κ1) is 14.7. The van der Waals surface area contributed by atoms with E-state index in [1.807, 2.05) is 6.07 Å². The fourth-order valence-electron chi connectivity index (χ4n) is 2.68. The van der Waals surface area contributed by atoms with Crippen LogP contribution in [0.2, 0.25) is 0 Å². The van der Waals surface area contributed by atoms with Gasteiger partial charge >= 0.3 is 0 Å². The first-order valence-electron chi connectivity index (χ1n) is 7.28. The molecule has 1 saturated heterocycles. The van der Waals surface area contributed by atoms with Crippen molar-refractivity contribution in [3.63, 3.8) is 0 Å². The lowest BCUT2D eigenvalue weighted by Gasteiger charge is -2.32. The smallest absolute Gasteiger partial charge is 0.248 e. The lowest BCUT2D eigenvalue weighted by molar-refractivity contribution is 0.100. The van der Waals surface area contributed by atoms with Crippen molar-refractivity contribution in [1.29, 1.82) is 0 Å². The number of piperidine rings is 1. The average molecular weight is 276 g/mol. The van der Waals surface area contributed by atoms with Crippen molar-refractivity contribution >= 4 is 17.3 Å². The number of nitrogens with one attached hydrogen (secondary N) is 1. The lowest BCUT2D eigenvalue weighted by atomic mass is 10.0. The van der Waals surface area contributed by atoms with Gasteiger partial charge in [0.05, 0.1) is 11.4 Å². The predicted octanol–water partition coefficient (Wildman–Crippen LogP) is 1.65. The number of amides is 1. The van der Waals surface area contributed by atoms with Gasteiger partial charge in [-0.1, -0.05) is 6.92 Å². The number of carbonyl (C=O) groups is 1. The van der Waals surface area contributed by atoms with Gasteiger partial charge in [-0.25, -0.2) is 0 Å². The van der Waals surface area contributed by atoms with Crippen LogP contribution in [0.1, 0.15) is 36.5 Å². The molecule has 1 heterocycles. The highest BCUT2D eigenvalue weighted by atomic mass is 16.1. The van der Waals surface area contributed by atoms with Crippen LogP contribution in [-0.4, -0.2) is 36.5 Å². The molecule has 1 aromatic carbocycles. The van der Waals surface area contributed by atoms with Gasteiger partial charge in [-0.05, 0) is 44.0 Å². The molecule has 0 bridgehead atoms. The number of primary amides is 1. The fourth-order valence-corrected chi connectivity index (χ4v) is 2.68. The Hall–Kier alpha value is -1.75. The molecule has 5 N–H and O–H groups in total. The Balaban J connectivity index is 1.93. The normalized spacial score (nSPS) is 17.1. The summed E-state index contributed by atoms with van der Waals surface area (Å²) in [4.78, 5) is 13.6. The van der Waals surface area contributed by atoms with Crippen LogP contribution in [-0.2, 0) is 0 Å². The second-order valence-electron chi connectivity index (χ2n) is 5.43. The molecule has 1 aliphatic rings. The van der Waals surface area contributed by atoms with Gasteiger partial charge in [0.1, 0.15) is 0 Å². The molecule has 5 heteroatoms. The van der Waals surface area contributed by atoms with E-state index in [-0.39, 0.29) is 0 Å². The Bertz CT molecular complexity index is 467. The maximum atomic E-state index is 11.1. The van der Waals surface area contributed by atoms with Crippen molar-refractivity contribution in [1.82, 2.24) is 4.90 Å². The predicted molar refractivity (Wildman–Crippen MR) is 82.7 cm³/mol. The van der Waals surface area contributed by atoms with Crippen molar-refractivity contribution in [3.05, 3.63) is 23.8 Å². The molecule has 0 unspecified atom stereocenters. The summed E-state index contributed by atoms with van der Waals surface area (Å²) in [5, 5.41) is 3.47. The molecule has 1 aromatic rings. The maximum absolute atomic E-state index is 11.1. The van der Waals surface area contributed by atoms with Gasteiger partial charge in [0.15, 0.2) is 0 Å². The van der Waals surface area contributed by atoms with Crippen LogP contribution in [0, 0.1) is 0 Å². The number of anilines is 2. The van der Waals surface area contributed by atoms with E-state index in [4.69, 9.17) is 11.5 Å². The van der Waals surface area contributed by atoms with E-state index in [2.05, 4.69) is 17.1 Å². The van der Waals surface area contributed by atoms with E-state index in [1.165, 1.54) is 13.0 Å². The first-order valence-corrected chi connectivity index (χ1v) is 7.28. The number of nitrogens with zero attached hydrogens (tertiary/aromatic N) is 1. The highest BCUT2D eigenvalue weighted by Gasteiger charge is 2.19. The lowest BCUT2D eigenvalue weighted by Crippen LogP contribution is -2.39. The van der Waals surface area contributed by atoms with E-state index >= 15 is 0 Å². The molecule has 0 spiro atoms. The minimum absolute atomic E-state index is 0.448. The Morgan fingerprint density at radius 3 is 2.65 bits per heavy atom. The standard InChI is InChI=1S/C15H24N4O/c1-2-7-19-8-5-12(6-9-19)18-14-4-3-11(15(17)20)10-13(14)16/h3-4,10,12,18H,2,5-9,16H2,1H3,(H2,17,20). The van der Waals surface area contributed by atoms with Gasteiger partial charge in [-0.2, -0.15) is 0 Å². The number of hydrogen-bond donors (Lipinski definition) is 3. The summed E-state index contributed by atoms with van der Waals surface area (Å²) in [7, 11) is 0. The first-order chi connectivity index (χ1) is 9.60. The molecule has 1 aliphatic heterocycles. The third-order valence-electron chi connectivity index (χ3n) is 3.82. The van der Waals surface area contributed by atoms with Gasteiger partial charge in [-0.3, -0.25) is 4.79 Å². The van der Waals surface area contributed by atoms with Gasteiger partial charge in [0.25, 0.3) is 0 Å². The van der Waals surface area contributed by atoms with E-state index in [0.29, 0.717) is 17.3 Å². The Kier molecular flexibility index (Phi) is 4.84. The van der Waals surface area contributed by atoms with Gasteiger partial charge in [0, 0.05) is 24.7 Å². The molecule has 0 saturated carbocycles.